The summed E-state index contributed by atoms with van der Waals surface area (Å²) < 4.78 is 0. The maximum absolute atomic E-state index is 2.49. The van der Waals surface area contributed by atoms with E-state index >= 15 is 0 Å². The van der Waals surface area contributed by atoms with Crippen LogP contribution in [0, 0.1) is 0 Å². The molecule has 2 aromatic carbocycles. The van der Waals surface area contributed by atoms with Crippen LogP contribution in [-0.4, -0.2) is 8.07 Å². The first-order chi connectivity index (χ1) is 10.2. The van der Waals surface area contributed by atoms with Crippen molar-refractivity contribution < 1.29 is 0 Å². The van der Waals surface area contributed by atoms with E-state index in [1.54, 1.807) is 10.8 Å². The molecule has 0 heterocycles. The second-order valence-corrected chi connectivity index (χ2v) is 11.0. The zero-order chi connectivity index (χ0) is 14.7. The molecule has 0 bridgehead atoms. The van der Waals surface area contributed by atoms with Gasteiger partial charge in [-0.15, -0.1) is 0 Å². The number of benzene rings is 2. The van der Waals surface area contributed by atoms with Crippen LogP contribution < -0.4 is 5.19 Å². The van der Waals surface area contributed by atoms with Crippen LogP contribution in [0.1, 0.15) is 5.56 Å². The van der Waals surface area contributed by atoms with Gasteiger partial charge in [-0.1, -0.05) is 103 Å². The zero-order valence-corrected chi connectivity index (χ0v) is 13.8. The van der Waals surface area contributed by atoms with E-state index in [-0.39, 0.29) is 0 Å². The van der Waals surface area contributed by atoms with Gasteiger partial charge in [0.1, 0.15) is 0 Å². The van der Waals surface area contributed by atoms with Crippen molar-refractivity contribution in [3.63, 3.8) is 0 Å². The van der Waals surface area contributed by atoms with Crippen LogP contribution in [0.3, 0.4) is 0 Å². The quantitative estimate of drug-likeness (QED) is 0.715. The molecule has 0 saturated heterocycles. The maximum atomic E-state index is 2.49. The van der Waals surface area contributed by atoms with Gasteiger partial charge < -0.3 is 0 Å². The summed E-state index contributed by atoms with van der Waals surface area (Å²) >= 11 is 0. The van der Waals surface area contributed by atoms with Crippen LogP contribution in [0.25, 0.3) is 0 Å². The number of hydrogen-bond donors (Lipinski definition) is 0. The van der Waals surface area contributed by atoms with Crippen LogP contribution in [0.15, 0.2) is 84.5 Å². The molecule has 21 heavy (non-hydrogen) atoms. The van der Waals surface area contributed by atoms with Gasteiger partial charge in [0.15, 0.2) is 0 Å². The molecule has 1 aliphatic rings. The van der Waals surface area contributed by atoms with Gasteiger partial charge in [-0.05, 0) is 17.5 Å². The summed E-state index contributed by atoms with van der Waals surface area (Å²) in [5.74, 6) is 0. The summed E-state index contributed by atoms with van der Waals surface area (Å²) in [6.07, 6.45) is 8.06. The first-order valence-electron chi connectivity index (χ1n) is 7.64. The lowest BCUT2D eigenvalue weighted by molar-refractivity contribution is 1.05. The molecule has 0 fully saturated rings. The van der Waals surface area contributed by atoms with E-state index in [4.69, 9.17) is 0 Å². The molecule has 0 saturated carbocycles. The third-order valence-corrected chi connectivity index (χ3v) is 8.50. The fourth-order valence-electron chi connectivity index (χ4n) is 3.27. The van der Waals surface area contributed by atoms with Gasteiger partial charge in [0, 0.05) is 0 Å². The maximum Gasteiger partial charge on any atom is 0.0915 e. The molecule has 2 aromatic rings. The molecule has 106 valence electrons. The van der Waals surface area contributed by atoms with Crippen molar-refractivity contribution in [2.45, 2.75) is 25.1 Å². The Bertz CT molecular complexity index is 651. The number of allylic oxidation sites excluding steroid dienone is 4. The Kier molecular flexibility index (Phi) is 3.93. The van der Waals surface area contributed by atoms with Crippen LogP contribution >= 0.6 is 0 Å². The topological polar surface area (TPSA) is 0 Å². The first kappa shape index (κ1) is 14.1. The minimum Gasteiger partial charge on any atom is -0.0797 e. The zero-order valence-electron chi connectivity index (χ0n) is 12.8. The largest absolute Gasteiger partial charge is 0.0915 e. The van der Waals surface area contributed by atoms with Gasteiger partial charge in [-0.2, -0.15) is 0 Å². The standard InChI is InChI=1S/C20H22Si/c1-21(2,19-13-7-4-8-14-19)20-15-9-12-18(20)16-17-10-5-3-6-11-17/h3-15,20H,16H2,1-2H3. The van der Waals surface area contributed by atoms with E-state index in [2.05, 4.69) is 92.0 Å². The molecular weight excluding hydrogens is 268 g/mol. The van der Waals surface area contributed by atoms with E-state index in [1.807, 2.05) is 0 Å². The van der Waals surface area contributed by atoms with E-state index < -0.39 is 8.07 Å². The van der Waals surface area contributed by atoms with Crippen LogP contribution in [0.2, 0.25) is 18.6 Å². The predicted octanol–water partition coefficient (Wildman–Crippen LogP) is 4.71. The van der Waals surface area contributed by atoms with Gasteiger partial charge in [0.05, 0.1) is 8.07 Å². The highest BCUT2D eigenvalue weighted by Gasteiger charge is 2.35. The Morgan fingerprint density at radius 1 is 0.857 bits per heavy atom. The Labute approximate surface area is 128 Å². The molecule has 3 rings (SSSR count). The Hall–Kier alpha value is -1.86. The molecule has 1 atom stereocenters. The summed E-state index contributed by atoms with van der Waals surface area (Å²) in [5.41, 5.74) is 3.59. The third-order valence-electron chi connectivity index (χ3n) is 4.56. The molecule has 0 spiro atoms. The number of hydrogen-bond acceptors (Lipinski definition) is 0. The van der Waals surface area contributed by atoms with Crippen molar-refractivity contribution in [3.05, 3.63) is 90.0 Å². The lowest BCUT2D eigenvalue weighted by atomic mass is 10.0. The van der Waals surface area contributed by atoms with E-state index in [0.29, 0.717) is 5.54 Å². The van der Waals surface area contributed by atoms with E-state index in [1.165, 1.54) is 5.56 Å². The van der Waals surface area contributed by atoms with Gasteiger partial charge in [0.25, 0.3) is 0 Å². The van der Waals surface area contributed by atoms with E-state index in [0.717, 1.165) is 6.42 Å². The van der Waals surface area contributed by atoms with Crippen molar-refractivity contribution in [1.82, 2.24) is 0 Å². The normalized spacial score (nSPS) is 17.8. The summed E-state index contributed by atoms with van der Waals surface area (Å²) in [6.45, 7) is 4.98. The SMILES string of the molecule is C[Si](C)(c1ccccc1)C1C=CC=C1Cc1ccccc1. The fourth-order valence-corrected chi connectivity index (χ4v) is 6.40. The van der Waals surface area contributed by atoms with Gasteiger partial charge in [-0.3, -0.25) is 0 Å². The molecule has 0 radical (unpaired) electrons. The molecule has 1 heteroatoms. The smallest absolute Gasteiger partial charge is 0.0797 e. The second kappa shape index (κ2) is 5.86. The highest BCUT2D eigenvalue weighted by Crippen LogP contribution is 2.36. The highest BCUT2D eigenvalue weighted by molar-refractivity contribution is 6.91. The van der Waals surface area contributed by atoms with Gasteiger partial charge in [0.2, 0.25) is 0 Å². The van der Waals surface area contributed by atoms with Crippen molar-refractivity contribution in [2.75, 3.05) is 0 Å². The summed E-state index contributed by atoms with van der Waals surface area (Å²) in [7, 11) is -1.52. The summed E-state index contributed by atoms with van der Waals surface area (Å²) in [4.78, 5) is 0. The van der Waals surface area contributed by atoms with Crippen LogP contribution in [0.5, 0.6) is 0 Å². The molecule has 1 aliphatic carbocycles. The van der Waals surface area contributed by atoms with Crippen molar-refractivity contribution in [3.8, 4) is 0 Å². The van der Waals surface area contributed by atoms with Crippen LogP contribution in [0.4, 0.5) is 0 Å². The Morgan fingerprint density at radius 3 is 2.14 bits per heavy atom. The average Bonchev–Trinajstić information content (AvgIpc) is 2.98. The van der Waals surface area contributed by atoms with Crippen molar-refractivity contribution >= 4 is 13.3 Å². The highest BCUT2D eigenvalue weighted by atomic mass is 28.3. The lowest BCUT2D eigenvalue weighted by Crippen LogP contribution is -2.45. The van der Waals surface area contributed by atoms with Gasteiger partial charge in [-0.25, -0.2) is 0 Å². The Morgan fingerprint density at radius 2 is 1.48 bits per heavy atom. The van der Waals surface area contributed by atoms with Crippen molar-refractivity contribution in [2.24, 2.45) is 0 Å². The number of rotatable bonds is 4. The third kappa shape index (κ3) is 2.93. The van der Waals surface area contributed by atoms with Gasteiger partial charge >= 0.3 is 0 Å². The summed E-state index contributed by atoms with van der Waals surface area (Å²) in [5, 5.41) is 1.54. The van der Waals surface area contributed by atoms with E-state index in [9.17, 15) is 0 Å². The predicted molar refractivity (Wildman–Crippen MR) is 94.7 cm³/mol. The molecule has 0 nitrogen and oxygen atoms in total. The average molecular weight is 290 g/mol. The fraction of sp³-hybridized carbons (Fsp3) is 0.200. The molecule has 0 N–H and O–H groups in total. The van der Waals surface area contributed by atoms with Crippen molar-refractivity contribution in [1.29, 1.82) is 0 Å². The minimum absolute atomic E-state index is 0.611. The van der Waals surface area contributed by atoms with Crippen LogP contribution in [-0.2, 0) is 6.42 Å². The second-order valence-electron chi connectivity index (χ2n) is 6.35. The summed E-state index contributed by atoms with van der Waals surface area (Å²) in [6, 6.07) is 21.9. The molecule has 1 unspecified atom stereocenters. The minimum atomic E-state index is -1.52. The first-order valence-corrected chi connectivity index (χ1v) is 10.7. The Balaban J connectivity index is 1.85. The monoisotopic (exact) mass is 290 g/mol. The molecule has 0 aliphatic heterocycles. The molecule has 0 amide bonds. The molecular formula is C20H22Si. The lowest BCUT2D eigenvalue weighted by Gasteiger charge is -2.31. The molecule has 0 aromatic heterocycles.